The molecule has 1 aromatic heterocycles. The van der Waals surface area contributed by atoms with E-state index < -0.39 is 35.1 Å². The van der Waals surface area contributed by atoms with Crippen molar-refractivity contribution < 1.29 is 31.8 Å². The Bertz CT molecular complexity index is 1560. The SMILES string of the molecule is COc1ccc(CN(C)CCN2CC[C@H](Nc3nc(C)cc(C(F)(F)F)c3C#N)C(=O)N(C)c3cccc(F)c32)c(OC)c1. The van der Waals surface area contributed by atoms with Crippen LogP contribution < -0.4 is 24.6 Å². The second-order valence-corrected chi connectivity index (χ2v) is 10.5. The first-order valence-electron chi connectivity index (χ1n) is 13.8. The van der Waals surface area contributed by atoms with Gasteiger partial charge in [-0.05, 0) is 44.7 Å². The molecule has 0 aliphatic carbocycles. The van der Waals surface area contributed by atoms with Gasteiger partial charge < -0.3 is 29.5 Å². The molecule has 13 heteroatoms. The van der Waals surface area contributed by atoms with Crippen LogP contribution in [-0.2, 0) is 17.5 Å². The summed E-state index contributed by atoms with van der Waals surface area (Å²) in [6.45, 7) is 3.00. The van der Waals surface area contributed by atoms with Gasteiger partial charge in [0.1, 0.15) is 40.8 Å². The molecule has 4 rings (SSSR count). The molecule has 2 aromatic carbocycles. The van der Waals surface area contributed by atoms with Crippen molar-refractivity contribution in [3.63, 3.8) is 0 Å². The summed E-state index contributed by atoms with van der Waals surface area (Å²) in [4.78, 5) is 22.9. The molecule has 1 amide bonds. The molecule has 0 radical (unpaired) electrons. The molecule has 9 nitrogen and oxygen atoms in total. The summed E-state index contributed by atoms with van der Waals surface area (Å²) in [7, 11) is 6.56. The number of carbonyl (C=O) groups is 1. The van der Waals surface area contributed by atoms with Gasteiger partial charge in [-0.1, -0.05) is 12.1 Å². The van der Waals surface area contributed by atoms with Gasteiger partial charge in [-0.25, -0.2) is 9.37 Å². The van der Waals surface area contributed by atoms with E-state index in [0.717, 1.165) is 11.6 Å². The van der Waals surface area contributed by atoms with Crippen LogP contribution in [0.15, 0.2) is 42.5 Å². The third-order valence-electron chi connectivity index (χ3n) is 7.52. The van der Waals surface area contributed by atoms with Crippen LogP contribution in [0, 0.1) is 24.1 Å². The summed E-state index contributed by atoms with van der Waals surface area (Å²) in [5.74, 6) is 0.00513. The maximum absolute atomic E-state index is 15.3. The normalized spacial score (nSPS) is 15.4. The third-order valence-corrected chi connectivity index (χ3v) is 7.52. The van der Waals surface area contributed by atoms with Gasteiger partial charge in [-0.15, -0.1) is 0 Å². The Morgan fingerprint density at radius 2 is 1.93 bits per heavy atom. The fourth-order valence-electron chi connectivity index (χ4n) is 5.24. The van der Waals surface area contributed by atoms with E-state index in [9.17, 15) is 23.2 Å². The number of amides is 1. The van der Waals surface area contributed by atoms with E-state index in [1.165, 1.54) is 31.0 Å². The van der Waals surface area contributed by atoms with Crippen molar-refractivity contribution in [2.24, 2.45) is 0 Å². The Morgan fingerprint density at radius 3 is 2.59 bits per heavy atom. The smallest absolute Gasteiger partial charge is 0.417 e. The maximum Gasteiger partial charge on any atom is 0.417 e. The number of fused-ring (bicyclic) bond motifs is 1. The second kappa shape index (κ2) is 13.4. The minimum absolute atomic E-state index is 0.0380. The van der Waals surface area contributed by atoms with Crippen LogP contribution in [0.5, 0.6) is 11.5 Å². The van der Waals surface area contributed by atoms with Crippen LogP contribution in [0.4, 0.5) is 34.8 Å². The van der Waals surface area contributed by atoms with Crippen LogP contribution in [0.25, 0.3) is 0 Å². The predicted octanol–water partition coefficient (Wildman–Crippen LogP) is 5.22. The fraction of sp³-hybridized carbons (Fsp3) is 0.387. The number of nitrogens with one attached hydrogen (secondary N) is 1. The lowest BCUT2D eigenvalue weighted by Gasteiger charge is -2.36. The molecule has 3 aromatic rings. The standard InChI is InChI=1S/C31H34F4N6O3/c1-19-15-23(31(33,34)35)22(17-36)29(37-19)38-25-11-12-41(28-24(32)7-6-8-26(28)40(3)30(25)42)14-13-39(2)18-20-9-10-21(43-4)16-27(20)44-5/h6-10,15-16,25H,11-14,18H2,1-5H3,(H,37,38)/t25-/m0/s1. The lowest BCUT2D eigenvalue weighted by atomic mass is 10.0. The molecule has 44 heavy (non-hydrogen) atoms. The fourth-order valence-corrected chi connectivity index (χ4v) is 5.24. The number of anilines is 3. The lowest BCUT2D eigenvalue weighted by molar-refractivity contribution is -0.137. The van der Waals surface area contributed by atoms with E-state index in [0.29, 0.717) is 36.8 Å². The highest BCUT2D eigenvalue weighted by atomic mass is 19.4. The highest BCUT2D eigenvalue weighted by Crippen LogP contribution is 2.37. The molecular weight excluding hydrogens is 580 g/mol. The number of nitriles is 1. The zero-order valence-corrected chi connectivity index (χ0v) is 25.1. The van der Waals surface area contributed by atoms with Gasteiger partial charge in [-0.2, -0.15) is 18.4 Å². The van der Waals surface area contributed by atoms with E-state index in [1.54, 1.807) is 32.4 Å². The highest BCUT2D eigenvalue weighted by molar-refractivity contribution is 6.01. The first-order valence-corrected chi connectivity index (χ1v) is 13.8. The minimum Gasteiger partial charge on any atom is -0.497 e. The average molecular weight is 615 g/mol. The minimum atomic E-state index is -4.79. The summed E-state index contributed by atoms with van der Waals surface area (Å²) in [5, 5.41) is 12.4. The Morgan fingerprint density at radius 1 is 1.18 bits per heavy atom. The van der Waals surface area contributed by atoms with E-state index in [1.807, 2.05) is 29.0 Å². The first kappa shape index (κ1) is 32.3. The van der Waals surface area contributed by atoms with E-state index in [-0.39, 0.29) is 30.2 Å². The summed E-state index contributed by atoms with van der Waals surface area (Å²) >= 11 is 0. The molecule has 0 spiro atoms. The zero-order valence-electron chi connectivity index (χ0n) is 25.1. The number of pyridine rings is 1. The molecule has 1 N–H and O–H groups in total. The van der Waals surface area contributed by atoms with Gasteiger partial charge in [0, 0.05) is 50.6 Å². The number of benzene rings is 2. The van der Waals surface area contributed by atoms with E-state index >= 15 is 4.39 Å². The van der Waals surface area contributed by atoms with Gasteiger partial charge in [0.25, 0.3) is 0 Å². The van der Waals surface area contributed by atoms with Gasteiger partial charge >= 0.3 is 6.18 Å². The number of alkyl halides is 3. The Kier molecular flexibility index (Phi) is 9.84. The topological polar surface area (TPSA) is 94.0 Å². The van der Waals surface area contributed by atoms with Crippen LogP contribution in [-0.4, -0.2) is 69.8 Å². The van der Waals surface area contributed by atoms with Crippen molar-refractivity contribution in [2.75, 3.05) is 63.1 Å². The summed E-state index contributed by atoms with van der Waals surface area (Å²) in [6, 6.07) is 11.3. The van der Waals surface area contributed by atoms with Gasteiger partial charge in [-0.3, -0.25) is 4.79 Å². The number of para-hydroxylation sites is 1. The number of rotatable bonds is 9. The second-order valence-electron chi connectivity index (χ2n) is 10.5. The molecule has 0 bridgehead atoms. The van der Waals surface area contributed by atoms with Gasteiger partial charge in [0.2, 0.25) is 5.91 Å². The zero-order chi connectivity index (χ0) is 32.2. The molecular formula is C31H34F4N6O3. The summed E-state index contributed by atoms with van der Waals surface area (Å²) in [5.41, 5.74) is -0.290. The van der Waals surface area contributed by atoms with Crippen molar-refractivity contribution in [3.05, 3.63) is 70.7 Å². The number of aromatic nitrogens is 1. The number of hydrogen-bond acceptors (Lipinski definition) is 8. The number of methoxy groups -OCH3 is 2. The highest BCUT2D eigenvalue weighted by Gasteiger charge is 2.37. The van der Waals surface area contributed by atoms with E-state index in [2.05, 4.69) is 10.3 Å². The predicted molar refractivity (Wildman–Crippen MR) is 159 cm³/mol. The Balaban J connectivity index is 1.60. The Hall–Kier alpha value is -4.57. The third kappa shape index (κ3) is 6.97. The largest absolute Gasteiger partial charge is 0.497 e. The molecule has 1 aliphatic heterocycles. The van der Waals surface area contributed by atoms with Crippen LogP contribution >= 0.6 is 0 Å². The molecule has 0 unspecified atom stereocenters. The van der Waals surface area contributed by atoms with Crippen molar-refractivity contribution in [1.82, 2.24) is 9.88 Å². The van der Waals surface area contributed by atoms with Crippen LogP contribution in [0.3, 0.4) is 0 Å². The molecule has 1 aliphatic rings. The first-order chi connectivity index (χ1) is 20.9. The summed E-state index contributed by atoms with van der Waals surface area (Å²) in [6.07, 6.45) is -4.68. The van der Waals surface area contributed by atoms with Gasteiger partial charge in [0.05, 0.1) is 31.2 Å². The molecule has 2 heterocycles. The molecule has 0 fully saturated rings. The quantitative estimate of drug-likeness (QED) is 0.328. The van der Waals surface area contributed by atoms with Crippen molar-refractivity contribution in [1.29, 1.82) is 5.26 Å². The number of ether oxygens (including phenoxy) is 2. The maximum atomic E-state index is 15.3. The lowest BCUT2D eigenvalue weighted by Crippen LogP contribution is -2.47. The van der Waals surface area contributed by atoms with E-state index in [4.69, 9.17) is 9.47 Å². The average Bonchev–Trinajstić information content (AvgIpc) is 2.98. The molecule has 234 valence electrons. The van der Waals surface area contributed by atoms with Crippen molar-refractivity contribution >= 4 is 23.1 Å². The number of aryl methyl sites for hydroxylation is 1. The molecule has 0 saturated heterocycles. The van der Waals surface area contributed by atoms with Crippen molar-refractivity contribution in [2.45, 2.75) is 32.1 Å². The number of halogens is 4. The van der Waals surface area contributed by atoms with Crippen LogP contribution in [0.1, 0.15) is 28.8 Å². The van der Waals surface area contributed by atoms with Crippen LogP contribution in [0.2, 0.25) is 0 Å². The number of carbonyl (C=O) groups excluding carboxylic acids is 1. The molecule has 1 atom stereocenters. The Labute approximate surface area is 253 Å². The van der Waals surface area contributed by atoms with Crippen molar-refractivity contribution in [3.8, 4) is 17.6 Å². The monoisotopic (exact) mass is 614 g/mol. The summed E-state index contributed by atoms with van der Waals surface area (Å²) < 4.78 is 67.2. The number of hydrogen-bond donors (Lipinski definition) is 1. The number of nitrogens with zero attached hydrogens (tertiary/aromatic N) is 5. The number of likely N-dealkylation sites (N-methyl/N-ethyl adjacent to an activating group) is 2. The van der Waals surface area contributed by atoms with Gasteiger partial charge in [0.15, 0.2) is 0 Å². The molecule has 0 saturated carbocycles.